The number of nitrogens with one attached hydrogen (secondary N) is 1. The smallest absolute Gasteiger partial charge is 0.227 e. The zero-order valence-electron chi connectivity index (χ0n) is 10.7. The largest absolute Gasteiger partial charge is 0.352 e. The Balaban J connectivity index is 1.88. The van der Waals surface area contributed by atoms with Gasteiger partial charge in [0.05, 0.1) is 5.41 Å². The Morgan fingerprint density at radius 2 is 2.06 bits per heavy atom. The molecule has 1 fully saturated rings. The quantitative estimate of drug-likeness (QED) is 0.801. The minimum atomic E-state index is -0.279. The van der Waals surface area contributed by atoms with Crippen molar-refractivity contribution in [2.75, 3.05) is 12.8 Å². The predicted molar refractivity (Wildman–Crippen MR) is 75.4 cm³/mol. The highest BCUT2D eigenvalue weighted by atomic mass is 32.2. The van der Waals surface area contributed by atoms with E-state index >= 15 is 0 Å². The van der Waals surface area contributed by atoms with Crippen LogP contribution in [0.3, 0.4) is 0 Å². The van der Waals surface area contributed by atoms with E-state index in [1.165, 1.54) is 4.90 Å². The summed E-state index contributed by atoms with van der Waals surface area (Å²) in [5.74, 6) is 0.116. The third-order valence-electron chi connectivity index (χ3n) is 3.80. The zero-order valence-corrected chi connectivity index (χ0v) is 11.6. The molecule has 0 spiro atoms. The highest BCUT2D eigenvalue weighted by Gasteiger charge is 2.42. The maximum atomic E-state index is 12.1. The van der Waals surface area contributed by atoms with Gasteiger partial charge >= 0.3 is 0 Å². The molecule has 0 saturated heterocycles. The summed E-state index contributed by atoms with van der Waals surface area (Å²) in [6, 6.07) is 8.27. The lowest BCUT2D eigenvalue weighted by Gasteiger charge is -2.39. The Morgan fingerprint density at radius 3 is 2.50 bits per heavy atom. The van der Waals surface area contributed by atoms with Gasteiger partial charge in [0.1, 0.15) is 0 Å². The molecule has 3 nitrogen and oxygen atoms in total. The molecule has 4 heteroatoms. The molecule has 1 aromatic carbocycles. The second-order valence-corrected chi connectivity index (χ2v) is 5.75. The van der Waals surface area contributed by atoms with Crippen molar-refractivity contribution in [1.29, 1.82) is 0 Å². The summed E-state index contributed by atoms with van der Waals surface area (Å²) in [7, 11) is 0. The molecule has 2 rings (SSSR count). The topological polar surface area (TPSA) is 55.1 Å². The molecule has 18 heavy (non-hydrogen) atoms. The molecule has 0 aliphatic heterocycles. The van der Waals surface area contributed by atoms with Crippen molar-refractivity contribution in [1.82, 2.24) is 5.32 Å². The van der Waals surface area contributed by atoms with Crippen molar-refractivity contribution >= 4 is 17.7 Å². The van der Waals surface area contributed by atoms with E-state index in [1.54, 1.807) is 11.8 Å². The van der Waals surface area contributed by atoms with Crippen LogP contribution in [0, 0.1) is 5.41 Å². The van der Waals surface area contributed by atoms with E-state index < -0.39 is 0 Å². The second kappa shape index (κ2) is 5.76. The second-order valence-electron chi connectivity index (χ2n) is 4.87. The Kier molecular flexibility index (Phi) is 4.30. The highest BCUT2D eigenvalue weighted by Crippen LogP contribution is 2.40. The molecular weight excluding hydrogens is 244 g/mol. The molecule has 0 bridgehead atoms. The van der Waals surface area contributed by atoms with Crippen LogP contribution in [0.1, 0.15) is 24.8 Å². The summed E-state index contributed by atoms with van der Waals surface area (Å²) >= 11 is 1.72. The normalized spacial score (nSPS) is 17.0. The number of thioether (sulfide) groups is 1. The zero-order chi connectivity index (χ0) is 13.0. The lowest BCUT2D eigenvalue weighted by atomic mass is 9.68. The Bertz CT molecular complexity index is 407. The van der Waals surface area contributed by atoms with E-state index in [1.807, 2.05) is 0 Å². The van der Waals surface area contributed by atoms with Gasteiger partial charge in [-0.1, -0.05) is 18.6 Å². The summed E-state index contributed by atoms with van der Waals surface area (Å²) in [5, 5.41) is 3.00. The average molecular weight is 264 g/mol. The van der Waals surface area contributed by atoms with Crippen LogP contribution in [0.15, 0.2) is 29.2 Å². The van der Waals surface area contributed by atoms with Crippen LogP contribution in [0.5, 0.6) is 0 Å². The molecular formula is C14H20N2OS. The Labute approximate surface area is 113 Å². The maximum Gasteiger partial charge on any atom is 0.227 e. The van der Waals surface area contributed by atoms with Crippen LogP contribution in [0.25, 0.3) is 0 Å². The Morgan fingerprint density at radius 1 is 1.39 bits per heavy atom. The van der Waals surface area contributed by atoms with Crippen molar-refractivity contribution < 1.29 is 4.79 Å². The van der Waals surface area contributed by atoms with Crippen molar-refractivity contribution in [3.05, 3.63) is 29.8 Å². The number of hydrogen-bond donors (Lipinski definition) is 2. The molecule has 0 aromatic heterocycles. The van der Waals surface area contributed by atoms with Crippen LogP contribution in [-0.4, -0.2) is 18.7 Å². The van der Waals surface area contributed by atoms with Gasteiger partial charge in [-0.3, -0.25) is 4.79 Å². The van der Waals surface area contributed by atoms with Crippen molar-refractivity contribution in [2.24, 2.45) is 11.1 Å². The first-order chi connectivity index (χ1) is 8.70. The number of carbonyl (C=O) groups is 1. The lowest BCUT2D eigenvalue weighted by molar-refractivity contribution is -0.135. The van der Waals surface area contributed by atoms with Crippen molar-refractivity contribution in [3.8, 4) is 0 Å². The monoisotopic (exact) mass is 264 g/mol. The molecule has 3 N–H and O–H groups in total. The van der Waals surface area contributed by atoms with Crippen LogP contribution in [0.2, 0.25) is 0 Å². The number of hydrogen-bond acceptors (Lipinski definition) is 3. The third-order valence-corrected chi connectivity index (χ3v) is 4.54. The predicted octanol–water partition coefficient (Wildman–Crippen LogP) is 2.15. The molecule has 1 aromatic rings. The number of carbonyl (C=O) groups excluding carboxylic acids is 1. The summed E-state index contributed by atoms with van der Waals surface area (Å²) in [4.78, 5) is 13.3. The fourth-order valence-corrected chi connectivity index (χ4v) is 2.65. The van der Waals surface area contributed by atoms with E-state index in [0.29, 0.717) is 13.1 Å². The molecule has 1 aliphatic rings. The van der Waals surface area contributed by atoms with Crippen LogP contribution in [-0.2, 0) is 11.3 Å². The van der Waals surface area contributed by atoms with Gasteiger partial charge < -0.3 is 11.1 Å². The molecule has 0 unspecified atom stereocenters. The van der Waals surface area contributed by atoms with Gasteiger partial charge in [0, 0.05) is 18.0 Å². The average Bonchev–Trinajstić information content (AvgIpc) is 2.36. The SMILES string of the molecule is CSc1ccc(CNC(=O)C2(CN)CCC2)cc1. The molecule has 98 valence electrons. The lowest BCUT2D eigenvalue weighted by Crippen LogP contribution is -2.50. The summed E-state index contributed by atoms with van der Waals surface area (Å²) in [5.41, 5.74) is 6.57. The molecule has 0 radical (unpaired) electrons. The van der Waals surface area contributed by atoms with Gasteiger partial charge in [0.15, 0.2) is 0 Å². The summed E-state index contributed by atoms with van der Waals surface area (Å²) in [6.45, 7) is 1.06. The minimum Gasteiger partial charge on any atom is -0.352 e. The van der Waals surface area contributed by atoms with E-state index in [-0.39, 0.29) is 11.3 Å². The molecule has 1 aliphatic carbocycles. The van der Waals surface area contributed by atoms with Crippen LogP contribution >= 0.6 is 11.8 Å². The van der Waals surface area contributed by atoms with E-state index in [2.05, 4.69) is 35.8 Å². The number of benzene rings is 1. The van der Waals surface area contributed by atoms with Gasteiger partial charge in [-0.15, -0.1) is 11.8 Å². The number of rotatable bonds is 5. The van der Waals surface area contributed by atoms with Gasteiger partial charge in [-0.25, -0.2) is 0 Å². The Hall–Kier alpha value is -1.00. The van der Waals surface area contributed by atoms with Crippen LogP contribution in [0.4, 0.5) is 0 Å². The van der Waals surface area contributed by atoms with Gasteiger partial charge in [0.2, 0.25) is 5.91 Å². The van der Waals surface area contributed by atoms with E-state index in [0.717, 1.165) is 24.8 Å². The first kappa shape index (κ1) is 13.4. The molecule has 0 heterocycles. The fourth-order valence-electron chi connectivity index (χ4n) is 2.24. The van der Waals surface area contributed by atoms with Gasteiger partial charge in [-0.2, -0.15) is 0 Å². The van der Waals surface area contributed by atoms with Crippen LogP contribution < -0.4 is 11.1 Å². The standard InChI is InChI=1S/C14H20N2OS/c1-18-12-5-3-11(4-6-12)9-16-13(17)14(10-15)7-2-8-14/h3-6H,2,7-10,15H2,1H3,(H,16,17). The van der Waals surface area contributed by atoms with E-state index in [9.17, 15) is 4.79 Å². The first-order valence-corrected chi connectivity index (χ1v) is 7.54. The molecule has 1 amide bonds. The van der Waals surface area contributed by atoms with Gasteiger partial charge in [-0.05, 0) is 36.8 Å². The summed E-state index contributed by atoms with van der Waals surface area (Å²) < 4.78 is 0. The fraction of sp³-hybridized carbons (Fsp3) is 0.500. The van der Waals surface area contributed by atoms with Crippen molar-refractivity contribution in [2.45, 2.75) is 30.7 Å². The maximum absolute atomic E-state index is 12.1. The minimum absolute atomic E-state index is 0.116. The third kappa shape index (κ3) is 2.70. The van der Waals surface area contributed by atoms with E-state index in [4.69, 9.17) is 5.73 Å². The molecule has 0 atom stereocenters. The number of amides is 1. The van der Waals surface area contributed by atoms with Crippen molar-refractivity contribution in [3.63, 3.8) is 0 Å². The first-order valence-electron chi connectivity index (χ1n) is 6.31. The number of nitrogens with two attached hydrogens (primary N) is 1. The summed E-state index contributed by atoms with van der Waals surface area (Å²) in [6.07, 6.45) is 5.03. The highest BCUT2D eigenvalue weighted by molar-refractivity contribution is 7.98. The molecule has 1 saturated carbocycles. The van der Waals surface area contributed by atoms with Gasteiger partial charge in [0.25, 0.3) is 0 Å².